The minimum absolute atomic E-state index is 0.0875. The number of methoxy groups -OCH3 is 1. The molecule has 1 unspecified atom stereocenters. The Morgan fingerprint density at radius 1 is 1.27 bits per heavy atom. The van der Waals surface area contributed by atoms with E-state index in [2.05, 4.69) is 5.32 Å². The summed E-state index contributed by atoms with van der Waals surface area (Å²) >= 11 is 1.23. The van der Waals surface area contributed by atoms with Crippen LogP contribution in [0, 0.1) is 0 Å². The van der Waals surface area contributed by atoms with E-state index in [0.29, 0.717) is 18.0 Å². The summed E-state index contributed by atoms with van der Waals surface area (Å²) in [4.78, 5) is 36.9. The van der Waals surface area contributed by atoms with E-state index in [9.17, 15) is 14.4 Å². The van der Waals surface area contributed by atoms with Gasteiger partial charge < -0.3 is 20.7 Å². The summed E-state index contributed by atoms with van der Waals surface area (Å²) in [7, 11) is 1.35. The van der Waals surface area contributed by atoms with Gasteiger partial charge in [0, 0.05) is 12.0 Å². The number of nitrogens with one attached hydrogen (secondary N) is 2. The highest BCUT2D eigenvalue weighted by atomic mass is 32.1. The van der Waals surface area contributed by atoms with Gasteiger partial charge in [0.1, 0.15) is 11.5 Å². The molecule has 0 bridgehead atoms. The van der Waals surface area contributed by atoms with Crippen molar-refractivity contribution in [1.29, 1.82) is 0 Å². The van der Waals surface area contributed by atoms with Crippen molar-refractivity contribution < 1.29 is 24.0 Å². The number of carbonyl (C=O) groups excluding carboxylic acids is 3. The molecule has 1 aliphatic heterocycles. The van der Waals surface area contributed by atoms with E-state index in [1.54, 1.807) is 11.4 Å². The number of hydrogen-bond acceptors (Lipinski definition) is 5. The number of esters is 1. The van der Waals surface area contributed by atoms with Crippen LogP contribution in [0.25, 0.3) is 0 Å². The number of nitrogens with two attached hydrogens (primary N) is 1. The van der Waals surface area contributed by atoms with E-state index in [1.165, 1.54) is 18.4 Å². The third kappa shape index (κ3) is 3.76. The quantitative estimate of drug-likeness (QED) is 0.640. The number of quaternary nitrogens is 1. The zero-order valence-corrected chi connectivity index (χ0v) is 15.1. The second-order valence-corrected chi connectivity index (χ2v) is 7.05. The average Bonchev–Trinajstić information content (AvgIpc) is 3.08. The van der Waals surface area contributed by atoms with Crippen LogP contribution in [0.3, 0.4) is 0 Å². The molecule has 0 radical (unpaired) electrons. The fraction of sp³-hybridized carbons (Fsp3) is 0.278. The Hall–Kier alpha value is -2.71. The molecule has 2 heterocycles. The van der Waals surface area contributed by atoms with Gasteiger partial charge in [-0.15, -0.1) is 11.3 Å². The van der Waals surface area contributed by atoms with Crippen molar-refractivity contribution in [3.8, 4) is 0 Å². The number of fused-ring (bicyclic) bond motifs is 1. The molecule has 1 aromatic heterocycles. The largest absolute Gasteiger partial charge is 0.465 e. The Bertz CT molecular complexity index is 848. The maximum absolute atomic E-state index is 12.5. The molecular weight excluding hydrogens is 354 g/mol. The first-order valence-electron chi connectivity index (χ1n) is 8.16. The van der Waals surface area contributed by atoms with Gasteiger partial charge in [-0.25, -0.2) is 4.79 Å². The van der Waals surface area contributed by atoms with Gasteiger partial charge in [-0.1, -0.05) is 24.3 Å². The summed E-state index contributed by atoms with van der Waals surface area (Å²) < 4.78 is 4.92. The lowest BCUT2D eigenvalue weighted by molar-refractivity contribution is -0.924. The molecule has 0 fully saturated rings. The second-order valence-electron chi connectivity index (χ2n) is 6.14. The van der Waals surface area contributed by atoms with Gasteiger partial charge in [-0.05, 0) is 17.0 Å². The maximum Gasteiger partial charge on any atom is 0.365 e. The summed E-state index contributed by atoms with van der Waals surface area (Å²) in [6.07, 6.45) is 0.525. The SMILES string of the molecule is COC(=O)[C@H]1Cc2ccccc2C[NH+]1CC(=O)Nc1sccc1C(N)=O. The van der Waals surface area contributed by atoms with E-state index in [4.69, 9.17) is 10.5 Å². The number of carbonyl (C=O) groups is 3. The lowest BCUT2D eigenvalue weighted by Crippen LogP contribution is -3.17. The van der Waals surface area contributed by atoms with Gasteiger partial charge in [0.25, 0.3) is 11.8 Å². The lowest BCUT2D eigenvalue weighted by Gasteiger charge is -2.31. The third-order valence-corrected chi connectivity index (χ3v) is 5.34. The molecule has 26 heavy (non-hydrogen) atoms. The number of hydrogen-bond donors (Lipinski definition) is 3. The fourth-order valence-corrected chi connectivity index (χ4v) is 4.02. The van der Waals surface area contributed by atoms with Crippen molar-refractivity contribution in [3.05, 3.63) is 52.4 Å². The molecule has 1 aromatic carbocycles. The highest BCUT2D eigenvalue weighted by molar-refractivity contribution is 7.14. The first kappa shape index (κ1) is 18.1. The normalized spacial score (nSPS) is 18.7. The standard InChI is InChI=1S/C18H19N3O4S/c1-25-18(24)14-8-11-4-2-3-5-12(11)9-21(14)10-15(22)20-17-13(16(19)23)6-7-26-17/h2-7,14H,8-10H2,1H3,(H2,19,23)(H,20,22)/p+1/t14-/m1/s1. The molecule has 0 aliphatic carbocycles. The average molecular weight is 374 g/mol. The Kier molecular flexibility index (Phi) is 5.34. The van der Waals surface area contributed by atoms with E-state index in [0.717, 1.165) is 16.0 Å². The van der Waals surface area contributed by atoms with Gasteiger partial charge in [0.05, 0.1) is 12.7 Å². The molecule has 4 N–H and O–H groups in total. The Morgan fingerprint density at radius 2 is 2.00 bits per heavy atom. The van der Waals surface area contributed by atoms with Crippen molar-refractivity contribution in [2.45, 2.75) is 19.0 Å². The minimum atomic E-state index is -0.590. The molecule has 8 heteroatoms. The molecule has 2 amide bonds. The highest BCUT2D eigenvalue weighted by Crippen LogP contribution is 2.22. The third-order valence-electron chi connectivity index (χ3n) is 4.51. The van der Waals surface area contributed by atoms with Crippen LogP contribution in [0.2, 0.25) is 0 Å². The maximum atomic E-state index is 12.5. The zero-order valence-electron chi connectivity index (χ0n) is 14.3. The van der Waals surface area contributed by atoms with E-state index in [-0.39, 0.29) is 24.0 Å². The Morgan fingerprint density at radius 3 is 2.69 bits per heavy atom. The van der Waals surface area contributed by atoms with Crippen molar-refractivity contribution >= 4 is 34.1 Å². The minimum Gasteiger partial charge on any atom is -0.465 e. The zero-order chi connectivity index (χ0) is 18.7. The summed E-state index contributed by atoms with van der Waals surface area (Å²) in [6, 6.07) is 9.01. The fourth-order valence-electron chi connectivity index (χ4n) is 3.22. The number of amides is 2. The van der Waals surface area contributed by atoms with E-state index >= 15 is 0 Å². The molecule has 3 rings (SSSR count). The summed E-state index contributed by atoms with van der Waals surface area (Å²) in [6.45, 7) is 0.640. The molecular formula is C18H20N3O4S+. The van der Waals surface area contributed by atoms with E-state index < -0.39 is 11.9 Å². The predicted octanol–water partition coefficient (Wildman–Crippen LogP) is -0.0317. The lowest BCUT2D eigenvalue weighted by atomic mass is 9.94. The van der Waals surface area contributed by atoms with Crippen LogP contribution in [0.1, 0.15) is 21.5 Å². The van der Waals surface area contributed by atoms with Crippen LogP contribution in [0.4, 0.5) is 5.00 Å². The molecule has 0 spiro atoms. The van der Waals surface area contributed by atoms with Crippen molar-refractivity contribution in [2.75, 3.05) is 19.0 Å². The topological polar surface area (TPSA) is 103 Å². The first-order valence-corrected chi connectivity index (χ1v) is 9.04. The number of anilines is 1. The molecule has 136 valence electrons. The number of thiophene rings is 1. The molecule has 0 saturated heterocycles. The van der Waals surface area contributed by atoms with Crippen molar-refractivity contribution in [1.82, 2.24) is 0 Å². The monoisotopic (exact) mass is 374 g/mol. The van der Waals surface area contributed by atoms with Gasteiger partial charge in [0.15, 0.2) is 12.6 Å². The highest BCUT2D eigenvalue weighted by Gasteiger charge is 2.37. The van der Waals surface area contributed by atoms with Crippen LogP contribution in [-0.4, -0.2) is 37.5 Å². The number of primary amides is 1. The van der Waals surface area contributed by atoms with Crippen LogP contribution >= 0.6 is 11.3 Å². The number of ether oxygens (including phenoxy) is 1. The first-order chi connectivity index (χ1) is 12.5. The van der Waals surface area contributed by atoms with Gasteiger partial charge >= 0.3 is 5.97 Å². The van der Waals surface area contributed by atoms with Gasteiger partial charge in [0.2, 0.25) is 0 Å². The molecule has 1 aliphatic rings. The predicted molar refractivity (Wildman–Crippen MR) is 97.0 cm³/mol. The van der Waals surface area contributed by atoms with Crippen LogP contribution in [-0.2, 0) is 27.3 Å². The summed E-state index contributed by atoms with van der Waals surface area (Å²) in [5.41, 5.74) is 7.80. The van der Waals surface area contributed by atoms with Crippen molar-refractivity contribution in [3.63, 3.8) is 0 Å². The van der Waals surface area contributed by atoms with E-state index in [1.807, 2.05) is 24.3 Å². The summed E-state index contributed by atoms with van der Waals surface area (Å²) in [5, 5.41) is 4.84. The van der Waals surface area contributed by atoms with Crippen LogP contribution in [0.5, 0.6) is 0 Å². The molecule has 0 saturated carbocycles. The molecule has 7 nitrogen and oxygen atoms in total. The van der Waals surface area contributed by atoms with Crippen LogP contribution in [0.15, 0.2) is 35.7 Å². The Balaban J connectivity index is 1.75. The Labute approximate surface area is 154 Å². The second kappa shape index (κ2) is 7.67. The number of benzene rings is 1. The smallest absolute Gasteiger partial charge is 0.365 e. The van der Waals surface area contributed by atoms with Gasteiger partial charge in [-0.3, -0.25) is 9.59 Å². The van der Waals surface area contributed by atoms with Crippen LogP contribution < -0.4 is 16.0 Å². The summed E-state index contributed by atoms with van der Waals surface area (Å²) in [5.74, 6) is -1.21. The number of rotatable bonds is 5. The van der Waals surface area contributed by atoms with Crippen molar-refractivity contribution in [2.24, 2.45) is 5.73 Å². The molecule has 2 atom stereocenters. The van der Waals surface area contributed by atoms with Gasteiger partial charge in [-0.2, -0.15) is 0 Å². The molecule has 2 aromatic rings.